The molecule has 0 radical (unpaired) electrons. The smallest absolute Gasteiger partial charge is 0.251 e. The lowest BCUT2D eigenvalue weighted by Crippen LogP contribution is -2.32. The molecule has 1 heterocycles. The normalized spacial score (nSPS) is 11.8. The van der Waals surface area contributed by atoms with Crippen molar-refractivity contribution < 1.29 is 4.79 Å². The summed E-state index contributed by atoms with van der Waals surface area (Å²) in [6.45, 7) is 6.08. The van der Waals surface area contributed by atoms with Gasteiger partial charge in [0.25, 0.3) is 5.91 Å². The number of aryl methyl sites for hydroxylation is 1. The number of carbonyl (C=O) groups is 1. The number of rotatable bonds is 4. The number of nitriles is 1. The third-order valence-electron chi connectivity index (χ3n) is 3.55. The van der Waals surface area contributed by atoms with Gasteiger partial charge in [-0.3, -0.25) is 9.78 Å². The van der Waals surface area contributed by atoms with E-state index >= 15 is 0 Å². The molecule has 1 atom stereocenters. The van der Waals surface area contributed by atoms with Crippen LogP contribution in [-0.2, 0) is 0 Å². The molecule has 0 aliphatic carbocycles. The third kappa shape index (κ3) is 3.50. The van der Waals surface area contributed by atoms with Gasteiger partial charge in [0, 0.05) is 11.8 Å². The van der Waals surface area contributed by atoms with E-state index in [9.17, 15) is 4.79 Å². The second kappa shape index (κ2) is 6.86. The first-order valence-electron chi connectivity index (χ1n) is 7.25. The molecule has 0 aliphatic heterocycles. The number of hydrogen-bond acceptors (Lipinski definition) is 3. The van der Waals surface area contributed by atoms with Crippen LogP contribution in [0.1, 0.15) is 47.1 Å². The van der Waals surface area contributed by atoms with Crippen molar-refractivity contribution in [3.63, 3.8) is 0 Å². The van der Waals surface area contributed by atoms with Crippen LogP contribution in [0.5, 0.6) is 0 Å². The molecule has 1 amide bonds. The van der Waals surface area contributed by atoms with Gasteiger partial charge < -0.3 is 5.32 Å². The maximum absolute atomic E-state index is 12.5. The predicted molar refractivity (Wildman–Crippen MR) is 85.2 cm³/mol. The minimum atomic E-state index is -0.194. The molecule has 1 aromatic carbocycles. The highest BCUT2D eigenvalue weighted by Gasteiger charge is 2.21. The number of carbonyl (C=O) groups excluding carboxylic acids is 1. The average Bonchev–Trinajstić information content (AvgIpc) is 2.53. The average molecular weight is 293 g/mol. The van der Waals surface area contributed by atoms with Gasteiger partial charge in [0.1, 0.15) is 0 Å². The SMILES string of the molecule is Cc1cccnc1[C@H](NC(=O)c1cccc(C#N)c1)C(C)C. The monoisotopic (exact) mass is 293 g/mol. The van der Waals surface area contributed by atoms with Gasteiger partial charge in [-0.1, -0.05) is 26.0 Å². The highest BCUT2D eigenvalue weighted by molar-refractivity contribution is 5.94. The van der Waals surface area contributed by atoms with Gasteiger partial charge in [0.2, 0.25) is 0 Å². The van der Waals surface area contributed by atoms with Crippen molar-refractivity contribution in [2.24, 2.45) is 5.92 Å². The number of hydrogen-bond donors (Lipinski definition) is 1. The Morgan fingerprint density at radius 3 is 2.68 bits per heavy atom. The molecule has 112 valence electrons. The van der Waals surface area contributed by atoms with E-state index < -0.39 is 0 Å². The first-order valence-corrected chi connectivity index (χ1v) is 7.25. The molecule has 2 rings (SSSR count). The Morgan fingerprint density at radius 1 is 1.27 bits per heavy atom. The lowest BCUT2D eigenvalue weighted by Gasteiger charge is -2.23. The Bertz CT molecular complexity index is 716. The third-order valence-corrected chi connectivity index (χ3v) is 3.55. The highest BCUT2D eigenvalue weighted by atomic mass is 16.1. The number of amides is 1. The van der Waals surface area contributed by atoms with Crippen LogP contribution in [0.4, 0.5) is 0 Å². The summed E-state index contributed by atoms with van der Waals surface area (Å²) >= 11 is 0. The summed E-state index contributed by atoms with van der Waals surface area (Å²) in [5.74, 6) is 0.0116. The topological polar surface area (TPSA) is 65.8 Å². The van der Waals surface area contributed by atoms with Gasteiger partial charge in [0.15, 0.2) is 0 Å². The summed E-state index contributed by atoms with van der Waals surface area (Å²) in [6, 6.07) is 12.4. The summed E-state index contributed by atoms with van der Waals surface area (Å²) in [4.78, 5) is 16.9. The predicted octanol–water partition coefficient (Wildman–Crippen LogP) is 3.39. The van der Waals surface area contributed by atoms with E-state index in [1.807, 2.05) is 39.0 Å². The lowest BCUT2D eigenvalue weighted by atomic mass is 9.96. The quantitative estimate of drug-likeness (QED) is 0.939. The van der Waals surface area contributed by atoms with Crippen molar-refractivity contribution in [1.29, 1.82) is 5.26 Å². The summed E-state index contributed by atoms with van der Waals surface area (Å²) in [6.07, 6.45) is 1.74. The van der Waals surface area contributed by atoms with E-state index in [-0.39, 0.29) is 17.9 Å². The molecule has 2 aromatic rings. The Morgan fingerprint density at radius 2 is 2.05 bits per heavy atom. The van der Waals surface area contributed by atoms with Crippen LogP contribution in [0.25, 0.3) is 0 Å². The number of nitrogens with zero attached hydrogens (tertiary/aromatic N) is 2. The Balaban J connectivity index is 2.27. The van der Waals surface area contributed by atoms with Crippen molar-refractivity contribution in [3.8, 4) is 6.07 Å². The summed E-state index contributed by atoms with van der Waals surface area (Å²) in [5, 5.41) is 12.0. The largest absolute Gasteiger partial charge is 0.343 e. The molecular weight excluding hydrogens is 274 g/mol. The molecule has 4 heteroatoms. The Labute approximate surface area is 130 Å². The molecule has 0 fully saturated rings. The fourth-order valence-corrected chi connectivity index (χ4v) is 2.33. The number of aromatic nitrogens is 1. The first kappa shape index (κ1) is 15.7. The zero-order valence-electron chi connectivity index (χ0n) is 13.0. The van der Waals surface area contributed by atoms with Crippen molar-refractivity contribution in [2.75, 3.05) is 0 Å². The molecule has 0 unspecified atom stereocenters. The molecule has 0 saturated heterocycles. The number of pyridine rings is 1. The molecule has 0 saturated carbocycles. The van der Waals surface area contributed by atoms with Crippen LogP contribution < -0.4 is 5.32 Å². The van der Waals surface area contributed by atoms with E-state index in [0.29, 0.717) is 11.1 Å². The fraction of sp³-hybridized carbons (Fsp3) is 0.278. The number of nitrogens with one attached hydrogen (secondary N) is 1. The van der Waals surface area contributed by atoms with E-state index in [1.165, 1.54) is 0 Å². The summed E-state index contributed by atoms with van der Waals surface area (Å²) in [5.41, 5.74) is 2.88. The zero-order chi connectivity index (χ0) is 16.1. The minimum absolute atomic E-state index is 0.167. The van der Waals surface area contributed by atoms with Crippen molar-refractivity contribution in [1.82, 2.24) is 10.3 Å². The molecule has 0 aliphatic rings. The Hall–Kier alpha value is -2.67. The first-order chi connectivity index (χ1) is 10.5. The van der Waals surface area contributed by atoms with Crippen LogP contribution in [0, 0.1) is 24.2 Å². The number of benzene rings is 1. The maximum Gasteiger partial charge on any atom is 0.251 e. The Kier molecular flexibility index (Phi) is 4.90. The molecule has 1 N–H and O–H groups in total. The standard InChI is InChI=1S/C18H19N3O/c1-12(2)16(17-13(3)6-5-9-20-17)21-18(22)15-8-4-7-14(10-15)11-19/h4-10,12,16H,1-3H3,(H,21,22)/t16-/m1/s1. The maximum atomic E-state index is 12.5. The molecule has 1 aromatic heterocycles. The van der Waals surface area contributed by atoms with Crippen LogP contribution in [0.3, 0.4) is 0 Å². The van der Waals surface area contributed by atoms with Gasteiger partial charge in [-0.25, -0.2) is 0 Å². The molecule has 0 bridgehead atoms. The van der Waals surface area contributed by atoms with Crippen molar-refractivity contribution >= 4 is 5.91 Å². The zero-order valence-corrected chi connectivity index (χ0v) is 13.0. The molecule has 0 spiro atoms. The van der Waals surface area contributed by atoms with E-state index in [0.717, 1.165) is 11.3 Å². The van der Waals surface area contributed by atoms with Gasteiger partial charge in [-0.2, -0.15) is 5.26 Å². The van der Waals surface area contributed by atoms with Crippen LogP contribution >= 0.6 is 0 Å². The molecule has 4 nitrogen and oxygen atoms in total. The van der Waals surface area contributed by atoms with Crippen LogP contribution in [0.2, 0.25) is 0 Å². The lowest BCUT2D eigenvalue weighted by molar-refractivity contribution is 0.0924. The second-order valence-electron chi connectivity index (χ2n) is 5.59. The van der Waals surface area contributed by atoms with Gasteiger partial charge in [-0.05, 0) is 42.7 Å². The van der Waals surface area contributed by atoms with E-state index in [4.69, 9.17) is 5.26 Å². The minimum Gasteiger partial charge on any atom is -0.343 e. The fourth-order valence-electron chi connectivity index (χ4n) is 2.33. The summed E-state index contributed by atoms with van der Waals surface area (Å²) in [7, 11) is 0. The van der Waals surface area contributed by atoms with E-state index in [1.54, 1.807) is 30.5 Å². The van der Waals surface area contributed by atoms with Crippen molar-refractivity contribution in [3.05, 3.63) is 65.0 Å². The second-order valence-corrected chi connectivity index (χ2v) is 5.59. The highest BCUT2D eigenvalue weighted by Crippen LogP contribution is 2.23. The van der Waals surface area contributed by atoms with Crippen LogP contribution in [0.15, 0.2) is 42.6 Å². The molecular formula is C18H19N3O. The molecule has 22 heavy (non-hydrogen) atoms. The van der Waals surface area contributed by atoms with Crippen LogP contribution in [-0.4, -0.2) is 10.9 Å². The summed E-state index contributed by atoms with van der Waals surface area (Å²) < 4.78 is 0. The van der Waals surface area contributed by atoms with Gasteiger partial charge in [-0.15, -0.1) is 0 Å². The van der Waals surface area contributed by atoms with E-state index in [2.05, 4.69) is 10.3 Å². The van der Waals surface area contributed by atoms with Gasteiger partial charge in [0.05, 0.1) is 23.4 Å². The van der Waals surface area contributed by atoms with Crippen molar-refractivity contribution in [2.45, 2.75) is 26.8 Å². The van der Waals surface area contributed by atoms with Gasteiger partial charge >= 0.3 is 0 Å².